The molecule has 0 fully saturated rings. The molecule has 0 unspecified atom stereocenters. The zero-order valence-electron chi connectivity index (χ0n) is 10.7. The number of anilines is 1. The molecule has 0 saturated carbocycles. The third-order valence-electron chi connectivity index (χ3n) is 2.32. The number of aliphatic carboxylic acids is 1. The second kappa shape index (κ2) is 7.16. The number of carboxylic acids is 1. The third-order valence-corrected chi connectivity index (χ3v) is 2.56. The van der Waals surface area contributed by atoms with Crippen LogP contribution in [0.4, 0.5) is 18.9 Å². The number of alkyl halides is 3. The van der Waals surface area contributed by atoms with E-state index in [0.29, 0.717) is 10.7 Å². The lowest BCUT2D eigenvalue weighted by molar-refractivity contribution is -0.138. The second-order valence-electron chi connectivity index (χ2n) is 4.12. The number of rotatable bonds is 6. The van der Waals surface area contributed by atoms with E-state index in [0.717, 1.165) is 4.90 Å². The molecule has 0 spiro atoms. The molecule has 0 aromatic heterocycles. The minimum Gasteiger partial charge on any atom is -0.480 e. The first-order chi connectivity index (χ1) is 9.67. The largest absolute Gasteiger partial charge is 0.480 e. The van der Waals surface area contributed by atoms with Crippen LogP contribution in [0.2, 0.25) is 5.02 Å². The second-order valence-corrected chi connectivity index (χ2v) is 4.56. The first-order valence-electron chi connectivity index (χ1n) is 5.73. The van der Waals surface area contributed by atoms with Crippen molar-refractivity contribution in [3.63, 3.8) is 0 Å². The maximum atomic E-state index is 12.0. The Morgan fingerprint density at radius 3 is 2.48 bits per heavy atom. The van der Waals surface area contributed by atoms with Gasteiger partial charge in [-0.2, -0.15) is 13.2 Å². The summed E-state index contributed by atoms with van der Waals surface area (Å²) < 4.78 is 36.0. The molecule has 0 bridgehead atoms. The zero-order valence-corrected chi connectivity index (χ0v) is 11.4. The quantitative estimate of drug-likeness (QED) is 0.838. The number of halogens is 4. The van der Waals surface area contributed by atoms with Crippen LogP contribution in [0.3, 0.4) is 0 Å². The molecule has 5 nitrogen and oxygen atoms in total. The van der Waals surface area contributed by atoms with Crippen molar-refractivity contribution in [3.05, 3.63) is 29.3 Å². The summed E-state index contributed by atoms with van der Waals surface area (Å²) in [7, 11) is 0. The fraction of sp³-hybridized carbons (Fsp3) is 0.333. The molecule has 0 aliphatic rings. The molecule has 21 heavy (non-hydrogen) atoms. The maximum absolute atomic E-state index is 12.0. The molecular formula is C12H12ClF3N2O3. The van der Waals surface area contributed by atoms with Gasteiger partial charge < -0.3 is 15.3 Å². The molecule has 0 aliphatic heterocycles. The minimum atomic E-state index is -4.52. The molecule has 0 atom stereocenters. The topological polar surface area (TPSA) is 69.6 Å². The molecule has 1 rings (SSSR count). The summed E-state index contributed by atoms with van der Waals surface area (Å²) in [6.07, 6.45) is -4.52. The fourth-order valence-electron chi connectivity index (χ4n) is 1.50. The van der Waals surface area contributed by atoms with Gasteiger partial charge in [0.1, 0.15) is 13.1 Å². The lowest BCUT2D eigenvalue weighted by atomic mass is 10.2. The SMILES string of the molecule is O=C(O)CN(CC(=O)NCC(F)(F)F)c1cccc(Cl)c1. The van der Waals surface area contributed by atoms with Crippen LogP contribution in [0.1, 0.15) is 0 Å². The van der Waals surface area contributed by atoms with Crippen molar-refractivity contribution >= 4 is 29.2 Å². The zero-order chi connectivity index (χ0) is 16.0. The van der Waals surface area contributed by atoms with Gasteiger partial charge in [-0.1, -0.05) is 17.7 Å². The number of carbonyl (C=O) groups excluding carboxylic acids is 1. The molecule has 0 aliphatic carbocycles. The number of amides is 1. The molecule has 1 aromatic rings. The smallest absolute Gasteiger partial charge is 0.405 e. The van der Waals surface area contributed by atoms with Crippen molar-refractivity contribution in [2.45, 2.75) is 6.18 Å². The number of carboxylic acid groups (broad SMARTS) is 1. The fourth-order valence-corrected chi connectivity index (χ4v) is 1.69. The van der Waals surface area contributed by atoms with Gasteiger partial charge >= 0.3 is 12.1 Å². The van der Waals surface area contributed by atoms with E-state index < -0.39 is 37.7 Å². The third kappa shape index (κ3) is 6.84. The van der Waals surface area contributed by atoms with Gasteiger partial charge in [-0.15, -0.1) is 0 Å². The Bertz CT molecular complexity index is 523. The maximum Gasteiger partial charge on any atom is 0.405 e. The van der Waals surface area contributed by atoms with E-state index in [2.05, 4.69) is 0 Å². The molecule has 9 heteroatoms. The van der Waals surface area contributed by atoms with Crippen molar-refractivity contribution in [2.24, 2.45) is 0 Å². The lowest BCUT2D eigenvalue weighted by Crippen LogP contribution is -2.42. The normalized spacial score (nSPS) is 11.0. The van der Waals surface area contributed by atoms with Crippen LogP contribution in [-0.4, -0.2) is 42.8 Å². The van der Waals surface area contributed by atoms with E-state index in [4.69, 9.17) is 16.7 Å². The Labute approximate surface area is 123 Å². The van der Waals surface area contributed by atoms with Crippen molar-refractivity contribution in [3.8, 4) is 0 Å². The Hall–Kier alpha value is -1.96. The van der Waals surface area contributed by atoms with E-state index in [1.54, 1.807) is 17.4 Å². The average molecular weight is 325 g/mol. The van der Waals surface area contributed by atoms with Crippen LogP contribution < -0.4 is 10.2 Å². The van der Waals surface area contributed by atoms with Crippen molar-refractivity contribution < 1.29 is 27.9 Å². The van der Waals surface area contributed by atoms with Crippen molar-refractivity contribution in [2.75, 3.05) is 24.5 Å². The molecule has 2 N–H and O–H groups in total. The molecule has 1 aromatic carbocycles. The van der Waals surface area contributed by atoms with Crippen LogP contribution in [0, 0.1) is 0 Å². The Morgan fingerprint density at radius 2 is 1.95 bits per heavy atom. The Balaban J connectivity index is 2.75. The highest BCUT2D eigenvalue weighted by Crippen LogP contribution is 2.19. The van der Waals surface area contributed by atoms with Gasteiger partial charge in [0.2, 0.25) is 5.91 Å². The van der Waals surface area contributed by atoms with Gasteiger partial charge in [-0.3, -0.25) is 9.59 Å². The highest BCUT2D eigenvalue weighted by molar-refractivity contribution is 6.30. The standard InChI is InChI=1S/C12H12ClF3N2O3/c13-8-2-1-3-9(4-8)18(6-11(20)21)5-10(19)17-7-12(14,15)16/h1-4H,5-7H2,(H,17,19)(H,20,21). The summed E-state index contributed by atoms with van der Waals surface area (Å²) in [5, 5.41) is 10.8. The first kappa shape index (κ1) is 17.1. The summed E-state index contributed by atoms with van der Waals surface area (Å²) >= 11 is 5.76. The van der Waals surface area contributed by atoms with Crippen LogP contribution in [0.15, 0.2) is 24.3 Å². The Kier molecular flexibility index (Phi) is 5.83. The van der Waals surface area contributed by atoms with E-state index in [1.807, 2.05) is 0 Å². The van der Waals surface area contributed by atoms with Gasteiger partial charge in [-0.25, -0.2) is 0 Å². The summed E-state index contributed by atoms with van der Waals surface area (Å²) in [5.74, 6) is -2.16. The van der Waals surface area contributed by atoms with Gasteiger partial charge in [0, 0.05) is 10.7 Å². The van der Waals surface area contributed by atoms with E-state index in [-0.39, 0.29) is 0 Å². The van der Waals surface area contributed by atoms with Crippen LogP contribution in [0.25, 0.3) is 0 Å². The van der Waals surface area contributed by atoms with Crippen LogP contribution in [0.5, 0.6) is 0 Å². The van der Waals surface area contributed by atoms with Gasteiger partial charge in [-0.05, 0) is 18.2 Å². The number of nitrogens with zero attached hydrogens (tertiary/aromatic N) is 1. The Morgan fingerprint density at radius 1 is 1.29 bits per heavy atom. The predicted molar refractivity (Wildman–Crippen MR) is 70.4 cm³/mol. The van der Waals surface area contributed by atoms with Gasteiger partial charge in [0.15, 0.2) is 0 Å². The molecule has 0 radical (unpaired) electrons. The molecule has 0 heterocycles. The number of hydrogen-bond acceptors (Lipinski definition) is 3. The van der Waals surface area contributed by atoms with E-state index >= 15 is 0 Å². The van der Waals surface area contributed by atoms with Crippen molar-refractivity contribution in [1.82, 2.24) is 5.32 Å². The van der Waals surface area contributed by atoms with Crippen molar-refractivity contribution in [1.29, 1.82) is 0 Å². The number of hydrogen-bond donors (Lipinski definition) is 2. The highest BCUT2D eigenvalue weighted by Gasteiger charge is 2.28. The number of benzene rings is 1. The molecule has 116 valence electrons. The van der Waals surface area contributed by atoms with Crippen LogP contribution in [-0.2, 0) is 9.59 Å². The molecule has 0 saturated heterocycles. The van der Waals surface area contributed by atoms with E-state index in [9.17, 15) is 22.8 Å². The van der Waals surface area contributed by atoms with Crippen LogP contribution >= 0.6 is 11.6 Å². The first-order valence-corrected chi connectivity index (χ1v) is 6.11. The summed E-state index contributed by atoms with van der Waals surface area (Å²) in [6, 6.07) is 6.02. The summed E-state index contributed by atoms with van der Waals surface area (Å²) in [4.78, 5) is 23.4. The monoisotopic (exact) mass is 324 g/mol. The molecular weight excluding hydrogens is 313 g/mol. The van der Waals surface area contributed by atoms with Gasteiger partial charge in [0.05, 0.1) is 6.54 Å². The van der Waals surface area contributed by atoms with Gasteiger partial charge in [0.25, 0.3) is 0 Å². The summed E-state index contributed by atoms with van der Waals surface area (Å²) in [6.45, 7) is -2.54. The summed E-state index contributed by atoms with van der Waals surface area (Å²) in [5.41, 5.74) is 0.326. The minimum absolute atomic E-state index is 0.318. The van der Waals surface area contributed by atoms with E-state index in [1.165, 1.54) is 12.1 Å². The lowest BCUT2D eigenvalue weighted by Gasteiger charge is -2.22. The average Bonchev–Trinajstić information content (AvgIpc) is 2.34. The predicted octanol–water partition coefficient (Wildman–Crippen LogP) is 1.91. The highest BCUT2D eigenvalue weighted by atomic mass is 35.5. The number of nitrogens with one attached hydrogen (secondary N) is 1. The number of carbonyl (C=O) groups is 2. The molecule has 1 amide bonds.